The molecule has 0 radical (unpaired) electrons. The maximum absolute atomic E-state index is 6.07. The summed E-state index contributed by atoms with van der Waals surface area (Å²) in [5.41, 5.74) is 2.63. The third-order valence-electron chi connectivity index (χ3n) is 2.39. The summed E-state index contributed by atoms with van der Waals surface area (Å²) in [6.07, 6.45) is 1.71. The average molecular weight is 236 g/mol. The van der Waals surface area contributed by atoms with Gasteiger partial charge in [0.25, 0.3) is 0 Å². The zero-order valence-corrected chi connectivity index (χ0v) is 10.3. The molecule has 0 saturated heterocycles. The number of nitrogens with one attached hydrogen (secondary N) is 1. The lowest BCUT2D eigenvalue weighted by Gasteiger charge is -2.14. The van der Waals surface area contributed by atoms with E-state index in [1.807, 2.05) is 18.2 Å². The second-order valence-corrected chi connectivity index (χ2v) is 5.16. The zero-order valence-electron chi connectivity index (χ0n) is 9.58. The van der Waals surface area contributed by atoms with E-state index in [0.717, 1.165) is 17.1 Å². The van der Waals surface area contributed by atoms with Crippen molar-refractivity contribution in [1.82, 2.24) is 15.2 Å². The Labute approximate surface area is 99.9 Å². The standard InChI is InChI=1S/C12H14ClN3/c1-12(2,3)10-7-9(15-16-10)11-8(13)5-4-6-14-11/h4-7H,1-3H3,(H,15,16). The smallest absolute Gasteiger partial charge is 0.112 e. The Morgan fingerprint density at radius 3 is 2.62 bits per heavy atom. The summed E-state index contributed by atoms with van der Waals surface area (Å²) in [5.74, 6) is 0. The van der Waals surface area contributed by atoms with Crippen molar-refractivity contribution in [3.63, 3.8) is 0 Å². The molecule has 4 heteroatoms. The molecule has 0 aliphatic carbocycles. The predicted molar refractivity (Wildman–Crippen MR) is 65.5 cm³/mol. The Kier molecular flexibility index (Phi) is 2.72. The predicted octanol–water partition coefficient (Wildman–Crippen LogP) is 3.42. The van der Waals surface area contributed by atoms with Gasteiger partial charge in [-0.1, -0.05) is 32.4 Å². The molecular weight excluding hydrogens is 222 g/mol. The molecule has 16 heavy (non-hydrogen) atoms. The molecule has 0 spiro atoms. The van der Waals surface area contributed by atoms with E-state index in [-0.39, 0.29) is 5.41 Å². The fraction of sp³-hybridized carbons (Fsp3) is 0.333. The number of hydrogen-bond acceptors (Lipinski definition) is 2. The zero-order chi connectivity index (χ0) is 11.8. The second kappa shape index (κ2) is 3.91. The highest BCUT2D eigenvalue weighted by Crippen LogP contribution is 2.27. The molecule has 0 fully saturated rings. The van der Waals surface area contributed by atoms with E-state index in [2.05, 4.69) is 36.0 Å². The van der Waals surface area contributed by atoms with Crippen molar-refractivity contribution < 1.29 is 0 Å². The van der Waals surface area contributed by atoms with Crippen LogP contribution in [-0.2, 0) is 5.41 Å². The minimum Gasteiger partial charge on any atom is -0.281 e. The highest BCUT2D eigenvalue weighted by Gasteiger charge is 2.18. The minimum atomic E-state index is 0.0481. The van der Waals surface area contributed by atoms with Crippen molar-refractivity contribution >= 4 is 11.6 Å². The third kappa shape index (κ3) is 2.09. The molecule has 3 nitrogen and oxygen atoms in total. The molecule has 0 atom stereocenters. The molecule has 0 aliphatic heterocycles. The normalized spacial score (nSPS) is 11.8. The first kappa shape index (κ1) is 11.1. The van der Waals surface area contributed by atoms with Crippen LogP contribution in [0.2, 0.25) is 5.02 Å². The summed E-state index contributed by atoms with van der Waals surface area (Å²) in [5, 5.41) is 7.88. The quantitative estimate of drug-likeness (QED) is 0.823. The van der Waals surface area contributed by atoms with Crippen molar-refractivity contribution in [2.75, 3.05) is 0 Å². The van der Waals surface area contributed by atoms with E-state index < -0.39 is 0 Å². The molecule has 2 heterocycles. The van der Waals surface area contributed by atoms with E-state index in [1.54, 1.807) is 6.20 Å². The number of hydrogen-bond donors (Lipinski definition) is 1. The van der Waals surface area contributed by atoms with Crippen LogP contribution in [0.5, 0.6) is 0 Å². The van der Waals surface area contributed by atoms with Crippen LogP contribution in [0.25, 0.3) is 11.4 Å². The van der Waals surface area contributed by atoms with E-state index >= 15 is 0 Å². The lowest BCUT2D eigenvalue weighted by Crippen LogP contribution is -2.11. The van der Waals surface area contributed by atoms with Gasteiger partial charge in [0.1, 0.15) is 11.4 Å². The van der Waals surface area contributed by atoms with Crippen LogP contribution in [0, 0.1) is 0 Å². The average Bonchev–Trinajstić information content (AvgIpc) is 2.66. The first-order valence-corrected chi connectivity index (χ1v) is 5.53. The van der Waals surface area contributed by atoms with Gasteiger partial charge in [0, 0.05) is 17.3 Å². The van der Waals surface area contributed by atoms with Crippen molar-refractivity contribution in [2.24, 2.45) is 0 Å². The van der Waals surface area contributed by atoms with Crippen LogP contribution in [0.1, 0.15) is 26.5 Å². The van der Waals surface area contributed by atoms with Crippen LogP contribution in [-0.4, -0.2) is 15.2 Å². The number of nitrogens with zero attached hydrogens (tertiary/aromatic N) is 2. The Morgan fingerprint density at radius 1 is 1.31 bits per heavy atom. The van der Waals surface area contributed by atoms with E-state index in [4.69, 9.17) is 11.6 Å². The molecule has 0 amide bonds. The molecule has 0 bridgehead atoms. The van der Waals surface area contributed by atoms with Crippen molar-refractivity contribution in [2.45, 2.75) is 26.2 Å². The van der Waals surface area contributed by atoms with Crippen LogP contribution in [0.3, 0.4) is 0 Å². The number of H-pyrrole nitrogens is 1. The van der Waals surface area contributed by atoms with Crippen molar-refractivity contribution in [1.29, 1.82) is 0 Å². The molecule has 0 unspecified atom stereocenters. The number of halogens is 1. The number of pyridine rings is 1. The monoisotopic (exact) mass is 235 g/mol. The highest BCUT2D eigenvalue weighted by molar-refractivity contribution is 6.32. The molecule has 2 aromatic heterocycles. The summed E-state index contributed by atoms with van der Waals surface area (Å²) in [4.78, 5) is 4.23. The van der Waals surface area contributed by atoms with Crippen molar-refractivity contribution in [3.05, 3.63) is 35.1 Å². The van der Waals surface area contributed by atoms with Crippen LogP contribution >= 0.6 is 11.6 Å². The Bertz CT molecular complexity index is 497. The second-order valence-electron chi connectivity index (χ2n) is 4.75. The van der Waals surface area contributed by atoms with E-state index in [0.29, 0.717) is 5.02 Å². The van der Waals surface area contributed by atoms with Gasteiger partial charge in [0.05, 0.1) is 5.02 Å². The summed E-state index contributed by atoms with van der Waals surface area (Å²) in [6.45, 7) is 6.39. The van der Waals surface area contributed by atoms with Gasteiger partial charge in [-0.25, -0.2) is 0 Å². The SMILES string of the molecule is CC(C)(C)c1cc(-c2ncccc2Cl)n[nH]1. The lowest BCUT2D eigenvalue weighted by molar-refractivity contribution is 0.567. The van der Waals surface area contributed by atoms with Crippen LogP contribution in [0.4, 0.5) is 0 Å². The number of aromatic amines is 1. The van der Waals surface area contributed by atoms with E-state index in [1.165, 1.54) is 0 Å². The fourth-order valence-electron chi connectivity index (χ4n) is 1.40. The summed E-state index contributed by atoms with van der Waals surface area (Å²) >= 11 is 6.07. The molecular formula is C12H14ClN3. The summed E-state index contributed by atoms with van der Waals surface area (Å²) in [7, 11) is 0. The summed E-state index contributed by atoms with van der Waals surface area (Å²) in [6, 6.07) is 5.62. The molecule has 0 aromatic carbocycles. The molecule has 2 rings (SSSR count). The first-order valence-electron chi connectivity index (χ1n) is 5.15. The molecule has 2 aromatic rings. The number of rotatable bonds is 1. The third-order valence-corrected chi connectivity index (χ3v) is 2.69. The number of aromatic nitrogens is 3. The Hall–Kier alpha value is -1.35. The van der Waals surface area contributed by atoms with Gasteiger partial charge in [0.15, 0.2) is 0 Å². The Balaban J connectivity index is 2.44. The highest BCUT2D eigenvalue weighted by atomic mass is 35.5. The molecule has 0 saturated carbocycles. The molecule has 1 N–H and O–H groups in total. The van der Waals surface area contributed by atoms with Gasteiger partial charge in [-0.05, 0) is 18.2 Å². The largest absolute Gasteiger partial charge is 0.281 e. The van der Waals surface area contributed by atoms with Gasteiger partial charge >= 0.3 is 0 Å². The van der Waals surface area contributed by atoms with Gasteiger partial charge < -0.3 is 0 Å². The van der Waals surface area contributed by atoms with E-state index in [9.17, 15) is 0 Å². The fourth-order valence-corrected chi connectivity index (χ4v) is 1.62. The minimum absolute atomic E-state index is 0.0481. The molecule has 0 aliphatic rings. The Morgan fingerprint density at radius 2 is 2.06 bits per heavy atom. The lowest BCUT2D eigenvalue weighted by atomic mass is 9.92. The van der Waals surface area contributed by atoms with Crippen LogP contribution in [0.15, 0.2) is 24.4 Å². The maximum Gasteiger partial charge on any atom is 0.112 e. The topological polar surface area (TPSA) is 41.6 Å². The molecule has 84 valence electrons. The van der Waals surface area contributed by atoms with Gasteiger partial charge in [0.2, 0.25) is 0 Å². The first-order chi connectivity index (χ1) is 7.48. The maximum atomic E-state index is 6.07. The van der Waals surface area contributed by atoms with Gasteiger partial charge in [-0.15, -0.1) is 0 Å². The van der Waals surface area contributed by atoms with Crippen LogP contribution < -0.4 is 0 Å². The summed E-state index contributed by atoms with van der Waals surface area (Å²) < 4.78 is 0. The van der Waals surface area contributed by atoms with Gasteiger partial charge in [-0.2, -0.15) is 5.10 Å². The van der Waals surface area contributed by atoms with Gasteiger partial charge in [-0.3, -0.25) is 10.1 Å². The van der Waals surface area contributed by atoms with Crippen molar-refractivity contribution in [3.8, 4) is 11.4 Å².